The van der Waals surface area contributed by atoms with Crippen molar-refractivity contribution in [3.05, 3.63) is 65.2 Å². The summed E-state index contributed by atoms with van der Waals surface area (Å²) in [5.74, 6) is -0.470. The second-order valence-electron chi connectivity index (χ2n) is 7.23. The van der Waals surface area contributed by atoms with E-state index < -0.39 is 5.97 Å². The van der Waals surface area contributed by atoms with Crippen molar-refractivity contribution in [1.82, 2.24) is 4.90 Å². The van der Waals surface area contributed by atoms with Gasteiger partial charge < -0.3 is 10.1 Å². The van der Waals surface area contributed by atoms with Crippen molar-refractivity contribution in [2.24, 2.45) is 5.92 Å². The van der Waals surface area contributed by atoms with E-state index in [-0.39, 0.29) is 11.8 Å². The molecule has 0 bridgehead atoms. The summed E-state index contributed by atoms with van der Waals surface area (Å²) in [6, 6.07) is 15.4. The molecule has 148 valence electrons. The molecule has 1 aliphatic heterocycles. The van der Waals surface area contributed by atoms with Gasteiger partial charge >= 0.3 is 5.97 Å². The number of rotatable bonds is 6. The number of ether oxygens (including phenoxy) is 1. The lowest BCUT2D eigenvalue weighted by Crippen LogP contribution is -2.38. The maximum absolute atomic E-state index is 12.7. The van der Waals surface area contributed by atoms with Gasteiger partial charge in [-0.3, -0.25) is 9.69 Å². The van der Waals surface area contributed by atoms with E-state index in [0.717, 1.165) is 32.5 Å². The number of carbonyl (C=O) groups excluding carboxylic acids is 2. The highest BCUT2D eigenvalue weighted by atomic mass is 16.5. The van der Waals surface area contributed by atoms with Crippen LogP contribution in [0.1, 0.15) is 41.3 Å². The number of carbonyl (C=O) groups is 2. The molecule has 1 heterocycles. The number of hydrogen-bond acceptors (Lipinski definition) is 4. The third kappa shape index (κ3) is 4.98. The molecule has 5 nitrogen and oxygen atoms in total. The first-order chi connectivity index (χ1) is 13.6. The smallest absolute Gasteiger partial charge is 0.340 e. The summed E-state index contributed by atoms with van der Waals surface area (Å²) in [6.07, 6.45) is 1.64. The summed E-state index contributed by atoms with van der Waals surface area (Å²) in [5.41, 5.74) is 3.56. The van der Waals surface area contributed by atoms with Crippen LogP contribution in [0, 0.1) is 12.8 Å². The summed E-state index contributed by atoms with van der Waals surface area (Å²) < 4.78 is 5.08. The van der Waals surface area contributed by atoms with E-state index in [1.165, 1.54) is 11.1 Å². The lowest BCUT2D eigenvalue weighted by Gasteiger charge is -2.31. The Hall–Kier alpha value is -2.66. The first kappa shape index (κ1) is 20.1. The van der Waals surface area contributed by atoms with Gasteiger partial charge in [0.2, 0.25) is 5.91 Å². The number of nitrogens with one attached hydrogen (secondary N) is 1. The van der Waals surface area contributed by atoms with E-state index in [2.05, 4.69) is 41.4 Å². The highest BCUT2D eigenvalue weighted by molar-refractivity contribution is 6.01. The quantitative estimate of drug-likeness (QED) is 0.769. The van der Waals surface area contributed by atoms with Crippen LogP contribution in [0.25, 0.3) is 0 Å². The van der Waals surface area contributed by atoms with Gasteiger partial charge in [-0.25, -0.2) is 4.79 Å². The molecule has 1 N–H and O–H groups in total. The first-order valence-electron chi connectivity index (χ1n) is 9.92. The first-order valence-corrected chi connectivity index (χ1v) is 9.92. The number of hydrogen-bond donors (Lipinski definition) is 1. The molecule has 0 aromatic heterocycles. The largest absolute Gasteiger partial charge is 0.462 e. The second-order valence-corrected chi connectivity index (χ2v) is 7.23. The van der Waals surface area contributed by atoms with Crippen molar-refractivity contribution in [3.8, 4) is 0 Å². The fourth-order valence-electron chi connectivity index (χ4n) is 3.60. The van der Waals surface area contributed by atoms with E-state index in [1.807, 2.05) is 6.07 Å². The highest BCUT2D eigenvalue weighted by Crippen LogP contribution is 2.23. The molecule has 1 aliphatic rings. The minimum Gasteiger partial charge on any atom is -0.462 e. The zero-order chi connectivity index (χ0) is 19.9. The predicted octanol–water partition coefficient (Wildman–Crippen LogP) is 4.02. The molecule has 1 fully saturated rings. The lowest BCUT2D eigenvalue weighted by atomic mass is 9.95. The SMILES string of the molecule is CCOC(=O)c1ccccc1NC(=O)C1CCN(Cc2ccccc2C)CC1. The average molecular weight is 380 g/mol. The normalized spacial score (nSPS) is 15.2. The average Bonchev–Trinajstić information content (AvgIpc) is 2.71. The molecule has 0 unspecified atom stereocenters. The fraction of sp³-hybridized carbons (Fsp3) is 0.391. The molecule has 3 rings (SSSR count). The standard InChI is InChI=1S/C23H28N2O3/c1-3-28-23(27)20-10-6-7-11-21(20)24-22(26)18-12-14-25(15-13-18)16-19-9-5-4-8-17(19)2/h4-11,18H,3,12-16H2,1-2H3,(H,24,26). The van der Waals surface area contributed by atoms with E-state index >= 15 is 0 Å². The lowest BCUT2D eigenvalue weighted by molar-refractivity contribution is -0.121. The van der Waals surface area contributed by atoms with Crippen LogP contribution in [0.4, 0.5) is 5.69 Å². The van der Waals surface area contributed by atoms with Gasteiger partial charge in [-0.1, -0.05) is 36.4 Å². The maximum atomic E-state index is 12.7. The summed E-state index contributed by atoms with van der Waals surface area (Å²) in [6.45, 7) is 6.92. The van der Waals surface area contributed by atoms with Gasteiger partial charge in [0.15, 0.2) is 0 Å². The van der Waals surface area contributed by atoms with Crippen molar-refractivity contribution in [2.45, 2.75) is 33.2 Å². The van der Waals surface area contributed by atoms with E-state index in [4.69, 9.17) is 4.74 Å². The molecule has 2 aromatic carbocycles. The third-order valence-electron chi connectivity index (χ3n) is 5.29. The minimum atomic E-state index is -0.411. The molecule has 1 saturated heterocycles. The Balaban J connectivity index is 1.56. The van der Waals surface area contributed by atoms with Crippen LogP contribution in [0.15, 0.2) is 48.5 Å². The van der Waals surface area contributed by atoms with E-state index in [0.29, 0.717) is 17.9 Å². The Labute approximate surface area is 166 Å². The molecule has 5 heteroatoms. The van der Waals surface area contributed by atoms with Crippen molar-refractivity contribution in [1.29, 1.82) is 0 Å². The molecular weight excluding hydrogens is 352 g/mol. The van der Waals surface area contributed by atoms with E-state index in [1.54, 1.807) is 25.1 Å². The molecule has 0 saturated carbocycles. The fourth-order valence-corrected chi connectivity index (χ4v) is 3.60. The second kappa shape index (κ2) is 9.51. The Morgan fingerprint density at radius 2 is 1.75 bits per heavy atom. The topological polar surface area (TPSA) is 58.6 Å². The molecular formula is C23H28N2O3. The highest BCUT2D eigenvalue weighted by Gasteiger charge is 2.26. The van der Waals surface area contributed by atoms with Crippen LogP contribution in [0.5, 0.6) is 0 Å². The van der Waals surface area contributed by atoms with Crippen molar-refractivity contribution < 1.29 is 14.3 Å². The van der Waals surface area contributed by atoms with Gasteiger partial charge in [-0.15, -0.1) is 0 Å². The van der Waals surface area contributed by atoms with Crippen molar-refractivity contribution in [3.63, 3.8) is 0 Å². The Morgan fingerprint density at radius 3 is 2.46 bits per heavy atom. The molecule has 0 atom stereocenters. The zero-order valence-electron chi connectivity index (χ0n) is 16.6. The number of likely N-dealkylation sites (tertiary alicyclic amines) is 1. The van der Waals surface area contributed by atoms with Crippen LogP contribution in [-0.4, -0.2) is 36.5 Å². The summed E-state index contributed by atoms with van der Waals surface area (Å²) in [7, 11) is 0. The van der Waals surface area contributed by atoms with E-state index in [9.17, 15) is 9.59 Å². The Morgan fingerprint density at radius 1 is 1.07 bits per heavy atom. The van der Waals surface area contributed by atoms with Crippen LogP contribution in [0.2, 0.25) is 0 Å². The van der Waals surface area contributed by atoms with Gasteiger partial charge in [0.25, 0.3) is 0 Å². The molecule has 0 aliphatic carbocycles. The molecule has 2 aromatic rings. The van der Waals surface area contributed by atoms with Crippen molar-refractivity contribution in [2.75, 3.05) is 25.0 Å². The minimum absolute atomic E-state index is 0.0210. The Bertz CT molecular complexity index is 826. The number of aryl methyl sites for hydroxylation is 1. The summed E-state index contributed by atoms with van der Waals surface area (Å²) in [5, 5.41) is 2.93. The number of anilines is 1. The zero-order valence-corrected chi connectivity index (χ0v) is 16.6. The van der Waals surface area contributed by atoms with Crippen LogP contribution in [0.3, 0.4) is 0 Å². The molecule has 0 radical (unpaired) electrons. The Kier molecular flexibility index (Phi) is 6.82. The number of para-hydroxylation sites is 1. The summed E-state index contributed by atoms with van der Waals surface area (Å²) in [4.78, 5) is 27.2. The van der Waals surface area contributed by atoms with Gasteiger partial charge in [-0.05, 0) is 63.0 Å². The predicted molar refractivity (Wildman–Crippen MR) is 110 cm³/mol. The number of esters is 1. The van der Waals surface area contributed by atoms with Crippen molar-refractivity contribution >= 4 is 17.6 Å². The van der Waals surface area contributed by atoms with Crippen LogP contribution in [-0.2, 0) is 16.1 Å². The number of piperidine rings is 1. The number of amides is 1. The maximum Gasteiger partial charge on any atom is 0.340 e. The van der Waals surface area contributed by atoms with Gasteiger partial charge in [0, 0.05) is 12.5 Å². The number of nitrogens with zero attached hydrogens (tertiary/aromatic N) is 1. The molecule has 0 spiro atoms. The van der Waals surface area contributed by atoms with Gasteiger partial charge in [0.1, 0.15) is 0 Å². The summed E-state index contributed by atoms with van der Waals surface area (Å²) >= 11 is 0. The van der Waals surface area contributed by atoms with Crippen LogP contribution >= 0.6 is 0 Å². The third-order valence-corrected chi connectivity index (χ3v) is 5.29. The van der Waals surface area contributed by atoms with Crippen LogP contribution < -0.4 is 5.32 Å². The van der Waals surface area contributed by atoms with Gasteiger partial charge in [0.05, 0.1) is 17.9 Å². The number of benzene rings is 2. The van der Waals surface area contributed by atoms with Gasteiger partial charge in [-0.2, -0.15) is 0 Å². The monoisotopic (exact) mass is 380 g/mol. The molecule has 28 heavy (non-hydrogen) atoms. The molecule has 1 amide bonds.